The van der Waals surface area contributed by atoms with E-state index in [4.69, 9.17) is 23.2 Å². The molecule has 0 saturated carbocycles. The summed E-state index contributed by atoms with van der Waals surface area (Å²) >= 11 is 11.6. The number of rotatable bonds is 4. The van der Waals surface area contributed by atoms with Crippen LogP contribution in [0.4, 0.5) is 26.0 Å². The van der Waals surface area contributed by atoms with Crippen molar-refractivity contribution in [2.45, 2.75) is 0 Å². The van der Waals surface area contributed by atoms with Crippen molar-refractivity contribution in [2.75, 3.05) is 10.6 Å². The lowest BCUT2D eigenvalue weighted by Crippen LogP contribution is -2.14. The van der Waals surface area contributed by atoms with Gasteiger partial charge in [-0.3, -0.25) is 4.79 Å². The minimum Gasteiger partial charge on any atom is -0.338 e. The highest BCUT2D eigenvalue weighted by molar-refractivity contribution is 6.33. The highest BCUT2D eigenvalue weighted by Gasteiger charge is 2.15. The van der Waals surface area contributed by atoms with E-state index in [1.807, 2.05) is 0 Å². The summed E-state index contributed by atoms with van der Waals surface area (Å²) in [5, 5.41) is 5.27. The highest BCUT2D eigenvalue weighted by atomic mass is 35.5. The van der Waals surface area contributed by atoms with E-state index in [1.165, 1.54) is 12.1 Å². The fraction of sp³-hybridized carbons (Fsp3) is 0. The summed E-state index contributed by atoms with van der Waals surface area (Å²) in [4.78, 5) is 19.4. The Morgan fingerprint density at radius 2 is 1.81 bits per heavy atom. The number of hydrogen-bond donors (Lipinski definition) is 2. The SMILES string of the molecule is O=C(Nc1ccccc1Cl)c1ccc(Nc2nc(Cl)ncc2F)cc1F. The minimum atomic E-state index is -0.805. The fourth-order valence-electron chi connectivity index (χ4n) is 2.10. The van der Waals surface area contributed by atoms with Gasteiger partial charge in [-0.2, -0.15) is 4.98 Å². The number of benzene rings is 2. The van der Waals surface area contributed by atoms with E-state index < -0.39 is 17.5 Å². The first-order valence-electron chi connectivity index (χ1n) is 7.24. The van der Waals surface area contributed by atoms with Crippen LogP contribution in [-0.4, -0.2) is 15.9 Å². The molecule has 0 radical (unpaired) electrons. The number of anilines is 3. The Morgan fingerprint density at radius 1 is 1.04 bits per heavy atom. The van der Waals surface area contributed by atoms with Crippen LogP contribution >= 0.6 is 23.2 Å². The number of carbonyl (C=O) groups excluding carboxylic acids is 1. The monoisotopic (exact) mass is 394 g/mol. The maximum Gasteiger partial charge on any atom is 0.258 e. The van der Waals surface area contributed by atoms with Gasteiger partial charge in [0.05, 0.1) is 22.5 Å². The van der Waals surface area contributed by atoms with Crippen molar-refractivity contribution in [2.24, 2.45) is 0 Å². The Balaban J connectivity index is 1.80. The van der Waals surface area contributed by atoms with Crippen LogP contribution in [0.3, 0.4) is 0 Å². The zero-order valence-corrected chi connectivity index (χ0v) is 14.4. The molecular weight excluding hydrogens is 385 g/mol. The summed E-state index contributed by atoms with van der Waals surface area (Å²) in [5.41, 5.74) is 0.348. The molecule has 2 N–H and O–H groups in total. The van der Waals surface area contributed by atoms with Crippen LogP contribution in [-0.2, 0) is 0 Å². The van der Waals surface area contributed by atoms with E-state index >= 15 is 0 Å². The van der Waals surface area contributed by atoms with Crippen molar-refractivity contribution in [3.05, 3.63) is 76.2 Å². The lowest BCUT2D eigenvalue weighted by Gasteiger charge is -2.10. The Kier molecular flexibility index (Phi) is 5.29. The summed E-state index contributed by atoms with van der Waals surface area (Å²) in [5.74, 6) is -2.44. The van der Waals surface area contributed by atoms with Crippen molar-refractivity contribution in [1.29, 1.82) is 0 Å². The lowest BCUT2D eigenvalue weighted by molar-refractivity contribution is 0.102. The molecule has 0 bridgehead atoms. The predicted octanol–water partition coefficient (Wildman–Crippen LogP) is 5.06. The Bertz CT molecular complexity index is 985. The molecule has 1 aromatic heterocycles. The molecule has 26 heavy (non-hydrogen) atoms. The molecule has 3 rings (SSSR count). The predicted molar refractivity (Wildman–Crippen MR) is 96.1 cm³/mol. The van der Waals surface area contributed by atoms with Crippen molar-refractivity contribution in [3.63, 3.8) is 0 Å². The van der Waals surface area contributed by atoms with E-state index in [0.29, 0.717) is 10.7 Å². The molecular formula is C17H10Cl2F2N4O. The topological polar surface area (TPSA) is 66.9 Å². The maximum atomic E-state index is 14.3. The normalized spacial score (nSPS) is 10.5. The lowest BCUT2D eigenvalue weighted by atomic mass is 10.1. The average molecular weight is 395 g/mol. The summed E-state index contributed by atoms with van der Waals surface area (Å²) in [6, 6.07) is 10.3. The largest absolute Gasteiger partial charge is 0.338 e. The third-order valence-electron chi connectivity index (χ3n) is 3.31. The van der Waals surface area contributed by atoms with Gasteiger partial charge in [-0.05, 0) is 41.9 Å². The molecule has 0 aliphatic carbocycles. The number of aromatic nitrogens is 2. The Hall–Kier alpha value is -2.77. The van der Waals surface area contributed by atoms with Crippen LogP contribution in [0.2, 0.25) is 10.3 Å². The number of para-hydroxylation sites is 1. The van der Waals surface area contributed by atoms with Crippen molar-refractivity contribution in [1.82, 2.24) is 9.97 Å². The molecule has 9 heteroatoms. The second-order valence-corrected chi connectivity index (χ2v) is 5.83. The molecule has 132 valence electrons. The number of carbonyl (C=O) groups is 1. The second-order valence-electron chi connectivity index (χ2n) is 5.09. The van der Waals surface area contributed by atoms with Gasteiger partial charge < -0.3 is 10.6 Å². The molecule has 1 heterocycles. The number of nitrogens with zero attached hydrogens (tertiary/aromatic N) is 2. The Morgan fingerprint density at radius 3 is 2.54 bits per heavy atom. The second kappa shape index (κ2) is 7.63. The van der Waals surface area contributed by atoms with Crippen LogP contribution in [0, 0.1) is 11.6 Å². The molecule has 3 aromatic rings. The molecule has 0 atom stereocenters. The number of hydrogen-bond acceptors (Lipinski definition) is 4. The maximum absolute atomic E-state index is 14.3. The Labute approximate surface area is 157 Å². The van der Waals surface area contributed by atoms with E-state index in [1.54, 1.807) is 24.3 Å². The van der Waals surface area contributed by atoms with Gasteiger partial charge in [-0.1, -0.05) is 23.7 Å². The van der Waals surface area contributed by atoms with Crippen LogP contribution in [0.5, 0.6) is 0 Å². The van der Waals surface area contributed by atoms with E-state index in [2.05, 4.69) is 20.6 Å². The first-order chi connectivity index (χ1) is 12.4. The first kappa shape index (κ1) is 18.0. The molecule has 2 aromatic carbocycles. The van der Waals surface area contributed by atoms with Crippen LogP contribution < -0.4 is 10.6 Å². The molecule has 0 unspecified atom stereocenters. The third kappa shape index (κ3) is 4.07. The molecule has 0 aliphatic rings. The van der Waals surface area contributed by atoms with E-state index in [0.717, 1.165) is 12.3 Å². The van der Waals surface area contributed by atoms with Crippen LogP contribution in [0.25, 0.3) is 0 Å². The van der Waals surface area contributed by atoms with Gasteiger partial charge in [-0.15, -0.1) is 0 Å². The van der Waals surface area contributed by atoms with Gasteiger partial charge in [0.25, 0.3) is 5.91 Å². The van der Waals surface area contributed by atoms with Crippen molar-refractivity contribution >= 4 is 46.3 Å². The summed E-state index contributed by atoms with van der Waals surface area (Å²) in [7, 11) is 0. The molecule has 0 saturated heterocycles. The van der Waals surface area contributed by atoms with Crippen molar-refractivity contribution < 1.29 is 13.6 Å². The van der Waals surface area contributed by atoms with Gasteiger partial charge in [0, 0.05) is 5.69 Å². The van der Waals surface area contributed by atoms with Gasteiger partial charge >= 0.3 is 0 Å². The summed E-state index contributed by atoms with van der Waals surface area (Å²) in [6.45, 7) is 0. The van der Waals surface area contributed by atoms with Gasteiger partial charge in [0.1, 0.15) is 5.82 Å². The molecule has 5 nitrogen and oxygen atoms in total. The van der Waals surface area contributed by atoms with Gasteiger partial charge in [0.2, 0.25) is 5.28 Å². The van der Waals surface area contributed by atoms with E-state index in [-0.39, 0.29) is 22.4 Å². The molecule has 1 amide bonds. The van der Waals surface area contributed by atoms with Crippen LogP contribution in [0.15, 0.2) is 48.7 Å². The average Bonchev–Trinajstić information content (AvgIpc) is 2.60. The quantitative estimate of drug-likeness (QED) is 0.607. The molecule has 0 aliphatic heterocycles. The minimum absolute atomic E-state index is 0.162. The zero-order chi connectivity index (χ0) is 18.7. The number of halogens is 4. The van der Waals surface area contributed by atoms with Crippen molar-refractivity contribution in [3.8, 4) is 0 Å². The standard InChI is InChI=1S/C17H10Cl2F2N4O/c18-11-3-1-2-4-14(11)24-16(26)10-6-5-9(7-12(10)20)23-15-13(21)8-22-17(19)25-15/h1-8H,(H,24,26)(H,22,23,25). The molecule has 0 fully saturated rings. The number of nitrogens with one attached hydrogen (secondary N) is 2. The number of amides is 1. The van der Waals surface area contributed by atoms with Crippen LogP contribution in [0.1, 0.15) is 10.4 Å². The van der Waals surface area contributed by atoms with Gasteiger partial charge in [-0.25, -0.2) is 13.8 Å². The first-order valence-corrected chi connectivity index (χ1v) is 8.00. The summed E-state index contributed by atoms with van der Waals surface area (Å²) in [6.07, 6.45) is 0.888. The molecule has 0 spiro atoms. The van der Waals surface area contributed by atoms with E-state index in [9.17, 15) is 13.6 Å². The van der Waals surface area contributed by atoms with Gasteiger partial charge in [0.15, 0.2) is 11.6 Å². The zero-order valence-electron chi connectivity index (χ0n) is 12.9. The third-order valence-corrected chi connectivity index (χ3v) is 3.82. The highest BCUT2D eigenvalue weighted by Crippen LogP contribution is 2.24. The summed E-state index contributed by atoms with van der Waals surface area (Å²) < 4.78 is 27.9. The fourth-order valence-corrected chi connectivity index (χ4v) is 2.42. The smallest absolute Gasteiger partial charge is 0.258 e.